The number of amidine groups is 1. The van der Waals surface area contributed by atoms with Gasteiger partial charge in [0.2, 0.25) is 5.76 Å². The van der Waals surface area contributed by atoms with Crippen LogP contribution in [0, 0.1) is 5.41 Å². The van der Waals surface area contributed by atoms with Crippen LogP contribution in [0.15, 0.2) is 115 Å². The summed E-state index contributed by atoms with van der Waals surface area (Å²) in [4.78, 5) is 7.94. The van der Waals surface area contributed by atoms with Crippen LogP contribution in [0.3, 0.4) is 0 Å². The molecule has 14 heteroatoms. The highest BCUT2D eigenvalue weighted by Gasteiger charge is 2.34. The van der Waals surface area contributed by atoms with Gasteiger partial charge in [-0.25, -0.2) is 9.98 Å². The first-order valence-electron chi connectivity index (χ1n) is 14.8. The minimum absolute atomic E-state index is 0.229. The number of halogens is 6. The predicted octanol–water partition coefficient (Wildman–Crippen LogP) is 10.2. The minimum atomic E-state index is -4.73. The Balaban J connectivity index is 0.000000324. The maximum atomic E-state index is 12.4. The third-order valence-corrected chi connectivity index (χ3v) is 7.23. The fourth-order valence-electron chi connectivity index (χ4n) is 3.98. The first-order valence-corrected chi connectivity index (χ1v) is 15.8. The molecule has 3 aromatic rings. The zero-order chi connectivity index (χ0) is 36.6. The van der Waals surface area contributed by atoms with E-state index in [0.717, 1.165) is 42.2 Å². The number of allylic oxidation sites excluding steroid dienone is 5. The van der Waals surface area contributed by atoms with Crippen molar-refractivity contribution in [3.63, 3.8) is 0 Å². The van der Waals surface area contributed by atoms with Gasteiger partial charge in [-0.2, -0.15) is 13.2 Å². The summed E-state index contributed by atoms with van der Waals surface area (Å²) in [6.45, 7) is 8.12. The highest BCUT2D eigenvalue weighted by molar-refractivity contribution is 8.02. The molecule has 0 saturated carbocycles. The molecular formula is C35H37F6N5O2S. The van der Waals surface area contributed by atoms with E-state index >= 15 is 0 Å². The maximum absolute atomic E-state index is 12.4. The average Bonchev–Trinajstić information content (AvgIpc) is 3.55. The fourth-order valence-corrected chi connectivity index (χ4v) is 4.58. The molecule has 0 radical (unpaired) electrons. The molecule has 0 bridgehead atoms. The Morgan fingerprint density at radius 3 is 2.18 bits per heavy atom. The largest absolute Gasteiger partial charge is 0.573 e. The van der Waals surface area contributed by atoms with Gasteiger partial charge < -0.3 is 26.0 Å². The third kappa shape index (κ3) is 14.4. The lowest BCUT2D eigenvalue weighted by Crippen LogP contribution is -2.16. The van der Waals surface area contributed by atoms with Crippen molar-refractivity contribution in [3.8, 4) is 5.75 Å². The molecule has 4 rings (SSSR count). The SMILES string of the molecule is CC.CC1=CCCC(C)=C1C=C=C(N)SCc1ccc(C(F)(F)F)o1.N=Cc1ccc(C(N)=NC=Nc2ccc(OC(F)(F)F)cc2)cc1. The molecule has 0 aliphatic heterocycles. The first-order chi connectivity index (χ1) is 23.1. The first kappa shape index (κ1) is 40.2. The number of nitrogens with two attached hydrogens (primary N) is 2. The third-order valence-electron chi connectivity index (χ3n) is 6.37. The molecule has 5 N–H and O–H groups in total. The topological polar surface area (TPSA) is 123 Å². The summed E-state index contributed by atoms with van der Waals surface area (Å²) in [6, 6.07) is 14.2. The maximum Gasteiger partial charge on any atom is 0.573 e. The number of hydrogen-bond acceptors (Lipinski definition) is 6. The van der Waals surface area contributed by atoms with Crippen LogP contribution in [-0.2, 0) is 11.9 Å². The lowest BCUT2D eigenvalue weighted by molar-refractivity contribution is -0.274. The van der Waals surface area contributed by atoms with Crippen molar-refractivity contribution in [2.75, 3.05) is 0 Å². The van der Waals surface area contributed by atoms with E-state index in [2.05, 4.69) is 33.5 Å². The highest BCUT2D eigenvalue weighted by Crippen LogP contribution is 2.32. The van der Waals surface area contributed by atoms with E-state index in [1.165, 1.54) is 53.7 Å². The number of benzene rings is 2. The van der Waals surface area contributed by atoms with Crippen molar-refractivity contribution >= 4 is 35.8 Å². The number of nitrogens with one attached hydrogen (secondary N) is 1. The van der Waals surface area contributed by atoms with Gasteiger partial charge in [0, 0.05) is 11.8 Å². The number of alkyl halides is 6. The van der Waals surface area contributed by atoms with E-state index in [1.807, 2.05) is 26.8 Å². The molecule has 1 aliphatic carbocycles. The van der Waals surface area contributed by atoms with Crippen LogP contribution in [0.2, 0.25) is 0 Å². The number of ether oxygens (including phenoxy) is 1. The molecule has 0 amide bonds. The highest BCUT2D eigenvalue weighted by atomic mass is 32.2. The van der Waals surface area contributed by atoms with Gasteiger partial charge in [-0.3, -0.25) is 0 Å². The van der Waals surface area contributed by atoms with E-state index in [4.69, 9.17) is 21.3 Å². The zero-order valence-corrected chi connectivity index (χ0v) is 28.1. The fraction of sp³-hybridized carbons (Fsp3) is 0.257. The summed E-state index contributed by atoms with van der Waals surface area (Å²) >= 11 is 1.19. The summed E-state index contributed by atoms with van der Waals surface area (Å²) in [6.07, 6.45) is -0.690. The molecule has 1 heterocycles. The van der Waals surface area contributed by atoms with Crippen molar-refractivity contribution in [3.05, 3.63) is 123 Å². The van der Waals surface area contributed by atoms with Crippen LogP contribution in [0.25, 0.3) is 0 Å². The molecule has 0 saturated heterocycles. The normalized spacial score (nSPS) is 13.3. The Labute approximate surface area is 285 Å². The Hall–Kier alpha value is -4.94. The number of hydrogen-bond donors (Lipinski definition) is 3. The molecule has 0 unspecified atom stereocenters. The molecule has 0 spiro atoms. The lowest BCUT2D eigenvalue weighted by Gasteiger charge is -2.13. The quantitative estimate of drug-likeness (QED) is 0.0885. The van der Waals surface area contributed by atoms with E-state index in [9.17, 15) is 26.3 Å². The minimum Gasteiger partial charge on any atom is -0.456 e. The molecule has 49 heavy (non-hydrogen) atoms. The van der Waals surface area contributed by atoms with Gasteiger partial charge in [-0.05, 0) is 85.9 Å². The van der Waals surface area contributed by atoms with E-state index in [0.29, 0.717) is 16.3 Å². The summed E-state index contributed by atoms with van der Waals surface area (Å²) in [5.41, 5.74) is 20.1. The second kappa shape index (κ2) is 19.2. The predicted molar refractivity (Wildman–Crippen MR) is 184 cm³/mol. The van der Waals surface area contributed by atoms with Crippen molar-refractivity contribution in [2.45, 2.75) is 58.8 Å². The van der Waals surface area contributed by atoms with E-state index in [1.54, 1.807) is 24.3 Å². The monoisotopic (exact) mass is 705 g/mol. The molecule has 262 valence electrons. The van der Waals surface area contributed by atoms with Gasteiger partial charge >= 0.3 is 12.5 Å². The van der Waals surface area contributed by atoms with Crippen LogP contribution in [-0.4, -0.2) is 24.8 Å². The van der Waals surface area contributed by atoms with Crippen LogP contribution in [0.1, 0.15) is 63.2 Å². The molecular weight excluding hydrogens is 668 g/mol. The smallest absolute Gasteiger partial charge is 0.456 e. The Kier molecular flexibility index (Phi) is 15.7. The van der Waals surface area contributed by atoms with Crippen LogP contribution in [0.5, 0.6) is 5.75 Å². The number of furan rings is 1. The molecule has 0 atom stereocenters. The second-order valence-corrected chi connectivity index (χ2v) is 10.9. The van der Waals surface area contributed by atoms with Crippen molar-refractivity contribution in [2.24, 2.45) is 21.5 Å². The summed E-state index contributed by atoms with van der Waals surface area (Å²) in [5, 5.41) is 7.52. The number of rotatable bonds is 9. The summed E-state index contributed by atoms with van der Waals surface area (Å²) in [5.74, 6) is -0.621. The summed E-state index contributed by atoms with van der Waals surface area (Å²) < 4.78 is 82.0. The standard InChI is InChI=1S/C17H18F3NOS.C16H13F3N4O.C2H6/c1-11-4-3-5-12(2)14(11)7-9-16(21)23-10-13-6-8-15(22-13)17(18,19)20;17-16(18,19)24-14-7-5-13(6-8-14)22-10-23-15(21)12-3-1-11(9-20)2-4-12;1-2/h4,6-8H,3,5,10,21H2,1-2H3;1-10,20H,(H2,21,22,23);1-2H3. The Bertz CT molecular complexity index is 1710. The van der Waals surface area contributed by atoms with Crippen LogP contribution < -0.4 is 16.2 Å². The number of thioether (sulfide) groups is 1. The average molecular weight is 706 g/mol. The van der Waals surface area contributed by atoms with Crippen LogP contribution in [0.4, 0.5) is 32.0 Å². The summed E-state index contributed by atoms with van der Waals surface area (Å²) in [7, 11) is 0. The van der Waals surface area contributed by atoms with E-state index < -0.39 is 18.3 Å². The lowest BCUT2D eigenvalue weighted by atomic mass is 9.93. The number of nitrogens with zero attached hydrogens (tertiary/aromatic N) is 2. The van der Waals surface area contributed by atoms with E-state index in [-0.39, 0.29) is 23.1 Å². The molecule has 1 aliphatic rings. The van der Waals surface area contributed by atoms with Gasteiger partial charge in [-0.1, -0.05) is 67.3 Å². The second-order valence-electron chi connectivity index (χ2n) is 9.89. The van der Waals surface area contributed by atoms with Gasteiger partial charge in [0.05, 0.1) is 11.4 Å². The number of aliphatic imine (C=N–C) groups is 2. The van der Waals surface area contributed by atoms with Crippen LogP contribution >= 0.6 is 11.8 Å². The Morgan fingerprint density at radius 1 is 0.980 bits per heavy atom. The molecule has 7 nitrogen and oxygen atoms in total. The van der Waals surface area contributed by atoms with Gasteiger partial charge in [0.1, 0.15) is 28.7 Å². The molecule has 0 fully saturated rings. The van der Waals surface area contributed by atoms with Crippen molar-refractivity contribution in [1.82, 2.24) is 0 Å². The van der Waals surface area contributed by atoms with Crippen molar-refractivity contribution < 1.29 is 35.5 Å². The Morgan fingerprint density at radius 2 is 1.63 bits per heavy atom. The van der Waals surface area contributed by atoms with Gasteiger partial charge in [0.15, 0.2) is 0 Å². The van der Waals surface area contributed by atoms with Gasteiger partial charge in [0.25, 0.3) is 0 Å². The van der Waals surface area contributed by atoms with Gasteiger partial charge in [-0.15, -0.1) is 13.2 Å². The zero-order valence-electron chi connectivity index (χ0n) is 27.2. The molecule has 1 aromatic heterocycles. The molecule has 2 aromatic carbocycles. The van der Waals surface area contributed by atoms with Crippen molar-refractivity contribution in [1.29, 1.82) is 5.41 Å².